The van der Waals surface area contributed by atoms with E-state index in [2.05, 4.69) is 5.32 Å². The summed E-state index contributed by atoms with van der Waals surface area (Å²) in [4.78, 5) is 22.4. The molecule has 0 aliphatic heterocycles. The molecule has 0 aromatic heterocycles. The van der Waals surface area contributed by atoms with Gasteiger partial charge in [0.25, 0.3) is 11.6 Å². The number of para-hydroxylation sites is 1. The smallest absolute Gasteiger partial charge is 0.292 e. The number of nitrogen functional groups attached to an aromatic ring is 1. The number of nitrogens with two attached hydrogens (primary N) is 1. The number of nitro groups is 1. The van der Waals surface area contributed by atoms with Gasteiger partial charge in [-0.25, -0.2) is 0 Å². The molecule has 0 fully saturated rings. The van der Waals surface area contributed by atoms with E-state index in [0.29, 0.717) is 6.42 Å². The Kier molecular flexibility index (Phi) is 5.26. The van der Waals surface area contributed by atoms with E-state index in [-0.39, 0.29) is 29.0 Å². The highest BCUT2D eigenvalue weighted by atomic mass is 16.6. The average molecular weight is 295 g/mol. The molecule has 0 aliphatic rings. The summed E-state index contributed by atoms with van der Waals surface area (Å²) in [5.74, 6) is -0.528. The highest BCUT2D eigenvalue weighted by molar-refractivity contribution is 6.01. The third-order valence-corrected chi connectivity index (χ3v) is 2.94. The van der Waals surface area contributed by atoms with Crippen LogP contribution in [-0.4, -0.2) is 28.6 Å². The molecule has 0 saturated heterocycles. The molecule has 1 aromatic carbocycles. The Labute approximate surface area is 123 Å². The van der Waals surface area contributed by atoms with Crippen LogP contribution in [-0.2, 0) is 0 Å². The van der Waals surface area contributed by atoms with Crippen LogP contribution < -0.4 is 11.1 Å². The molecule has 0 radical (unpaired) electrons. The number of benzene rings is 1. The summed E-state index contributed by atoms with van der Waals surface area (Å²) < 4.78 is 0. The Morgan fingerprint density at radius 3 is 2.57 bits per heavy atom. The molecule has 1 atom stereocenters. The summed E-state index contributed by atoms with van der Waals surface area (Å²) >= 11 is 0. The minimum atomic E-state index is -0.634. The SMILES string of the molecule is CC(C)(C)CC(CO)NC(=O)c1cccc([N+](=O)[O-])c1N. The summed E-state index contributed by atoms with van der Waals surface area (Å²) in [6.45, 7) is 5.76. The maximum absolute atomic E-state index is 12.2. The zero-order valence-electron chi connectivity index (χ0n) is 12.4. The minimum Gasteiger partial charge on any atom is -0.394 e. The zero-order chi connectivity index (χ0) is 16.2. The molecule has 0 bridgehead atoms. The van der Waals surface area contributed by atoms with Crippen molar-refractivity contribution in [2.75, 3.05) is 12.3 Å². The first-order valence-electron chi connectivity index (χ1n) is 6.60. The summed E-state index contributed by atoms with van der Waals surface area (Å²) in [7, 11) is 0. The number of aliphatic hydroxyl groups is 1. The van der Waals surface area contributed by atoms with Gasteiger partial charge in [0.15, 0.2) is 0 Å². The van der Waals surface area contributed by atoms with Gasteiger partial charge in [0.2, 0.25) is 0 Å². The lowest BCUT2D eigenvalue weighted by Crippen LogP contribution is -2.40. The molecule has 0 heterocycles. The van der Waals surface area contributed by atoms with Crippen LogP contribution in [0.15, 0.2) is 18.2 Å². The largest absolute Gasteiger partial charge is 0.394 e. The fourth-order valence-corrected chi connectivity index (χ4v) is 2.07. The molecule has 0 spiro atoms. The van der Waals surface area contributed by atoms with Crippen molar-refractivity contribution < 1.29 is 14.8 Å². The van der Waals surface area contributed by atoms with Crippen LogP contribution in [0.5, 0.6) is 0 Å². The summed E-state index contributed by atoms with van der Waals surface area (Å²) in [5, 5.41) is 22.8. The van der Waals surface area contributed by atoms with Crippen molar-refractivity contribution in [3.05, 3.63) is 33.9 Å². The summed E-state index contributed by atoms with van der Waals surface area (Å²) in [6.07, 6.45) is 0.573. The van der Waals surface area contributed by atoms with E-state index in [9.17, 15) is 20.0 Å². The van der Waals surface area contributed by atoms with Crippen LogP contribution in [0.1, 0.15) is 37.6 Å². The van der Waals surface area contributed by atoms with Gasteiger partial charge in [-0.3, -0.25) is 14.9 Å². The average Bonchev–Trinajstić information content (AvgIpc) is 2.35. The first-order valence-corrected chi connectivity index (χ1v) is 6.60. The number of aliphatic hydroxyl groups excluding tert-OH is 1. The number of nitrogens with one attached hydrogen (secondary N) is 1. The molecule has 116 valence electrons. The lowest BCUT2D eigenvalue weighted by molar-refractivity contribution is -0.383. The van der Waals surface area contributed by atoms with E-state index in [1.165, 1.54) is 18.2 Å². The van der Waals surface area contributed by atoms with Crippen molar-refractivity contribution in [1.82, 2.24) is 5.32 Å². The number of nitrogens with zero attached hydrogens (tertiary/aromatic N) is 1. The maximum Gasteiger partial charge on any atom is 0.292 e. The number of carbonyl (C=O) groups excluding carboxylic acids is 1. The van der Waals surface area contributed by atoms with E-state index < -0.39 is 16.9 Å². The van der Waals surface area contributed by atoms with E-state index >= 15 is 0 Å². The van der Waals surface area contributed by atoms with Crippen LogP contribution in [0, 0.1) is 15.5 Å². The van der Waals surface area contributed by atoms with Gasteiger partial charge >= 0.3 is 0 Å². The van der Waals surface area contributed by atoms with Gasteiger partial charge in [-0.05, 0) is 17.9 Å². The van der Waals surface area contributed by atoms with Crippen molar-refractivity contribution in [3.8, 4) is 0 Å². The normalized spacial score (nSPS) is 12.8. The van der Waals surface area contributed by atoms with Crippen LogP contribution >= 0.6 is 0 Å². The zero-order valence-corrected chi connectivity index (χ0v) is 12.4. The van der Waals surface area contributed by atoms with Crippen molar-refractivity contribution in [2.24, 2.45) is 5.41 Å². The van der Waals surface area contributed by atoms with E-state index in [0.717, 1.165) is 0 Å². The Morgan fingerprint density at radius 2 is 2.10 bits per heavy atom. The monoisotopic (exact) mass is 295 g/mol. The minimum absolute atomic E-state index is 0.0385. The van der Waals surface area contributed by atoms with Gasteiger partial charge < -0.3 is 16.2 Å². The number of amides is 1. The molecule has 0 aliphatic carbocycles. The number of hydrogen-bond acceptors (Lipinski definition) is 5. The summed E-state index contributed by atoms with van der Waals surface area (Å²) in [6, 6.07) is 3.63. The third-order valence-electron chi connectivity index (χ3n) is 2.94. The van der Waals surface area contributed by atoms with Crippen molar-refractivity contribution in [2.45, 2.75) is 33.2 Å². The Balaban J connectivity index is 2.94. The molecular formula is C14H21N3O4. The second kappa shape index (κ2) is 6.53. The lowest BCUT2D eigenvalue weighted by atomic mass is 9.88. The van der Waals surface area contributed by atoms with Crippen LogP contribution in [0.3, 0.4) is 0 Å². The molecule has 21 heavy (non-hydrogen) atoms. The standard InChI is InChI=1S/C14H21N3O4/c1-14(2,3)7-9(8-18)16-13(19)10-5-4-6-11(12(10)15)17(20)21/h4-6,9,18H,7-8,15H2,1-3H3,(H,16,19). The molecule has 1 rings (SSSR count). The number of nitro benzene ring substituents is 1. The van der Waals surface area contributed by atoms with Crippen molar-refractivity contribution in [1.29, 1.82) is 0 Å². The number of anilines is 1. The highest BCUT2D eigenvalue weighted by Gasteiger charge is 2.23. The maximum atomic E-state index is 12.2. The predicted molar refractivity (Wildman–Crippen MR) is 79.9 cm³/mol. The van der Waals surface area contributed by atoms with Gasteiger partial charge in [0.05, 0.1) is 23.1 Å². The molecule has 7 nitrogen and oxygen atoms in total. The second-order valence-electron chi connectivity index (χ2n) is 6.11. The third kappa shape index (κ3) is 4.71. The van der Waals surface area contributed by atoms with E-state index in [1.807, 2.05) is 20.8 Å². The van der Waals surface area contributed by atoms with Gasteiger partial charge in [-0.2, -0.15) is 0 Å². The number of rotatable bonds is 5. The molecule has 1 aromatic rings. The van der Waals surface area contributed by atoms with E-state index in [1.54, 1.807) is 0 Å². The first-order chi connectivity index (χ1) is 9.65. The lowest BCUT2D eigenvalue weighted by Gasteiger charge is -2.25. The summed E-state index contributed by atoms with van der Waals surface area (Å²) in [5.41, 5.74) is 5.15. The van der Waals surface area contributed by atoms with Crippen LogP contribution in [0.2, 0.25) is 0 Å². The highest BCUT2D eigenvalue weighted by Crippen LogP contribution is 2.25. The molecule has 7 heteroatoms. The van der Waals surface area contributed by atoms with Gasteiger partial charge in [0.1, 0.15) is 5.69 Å². The van der Waals surface area contributed by atoms with Gasteiger partial charge in [0, 0.05) is 6.07 Å². The first kappa shape index (κ1) is 16.9. The van der Waals surface area contributed by atoms with Crippen molar-refractivity contribution in [3.63, 3.8) is 0 Å². The predicted octanol–water partition coefficient (Wildman–Crippen LogP) is 1.70. The molecule has 1 amide bonds. The van der Waals surface area contributed by atoms with Crippen LogP contribution in [0.4, 0.5) is 11.4 Å². The van der Waals surface area contributed by atoms with E-state index in [4.69, 9.17) is 5.73 Å². The van der Waals surface area contributed by atoms with Gasteiger partial charge in [-0.1, -0.05) is 26.8 Å². The molecule has 4 N–H and O–H groups in total. The number of carbonyl (C=O) groups is 1. The Morgan fingerprint density at radius 1 is 1.48 bits per heavy atom. The number of hydrogen-bond donors (Lipinski definition) is 3. The Hall–Kier alpha value is -2.15. The fraction of sp³-hybridized carbons (Fsp3) is 0.500. The second-order valence-corrected chi connectivity index (χ2v) is 6.11. The fourth-order valence-electron chi connectivity index (χ4n) is 2.07. The molecular weight excluding hydrogens is 274 g/mol. The molecule has 1 unspecified atom stereocenters. The quantitative estimate of drug-likeness (QED) is 0.434. The van der Waals surface area contributed by atoms with Crippen LogP contribution in [0.25, 0.3) is 0 Å². The topological polar surface area (TPSA) is 118 Å². The van der Waals surface area contributed by atoms with Gasteiger partial charge in [-0.15, -0.1) is 0 Å². The molecule has 0 saturated carbocycles. The Bertz CT molecular complexity index is 538. The van der Waals surface area contributed by atoms with Crippen molar-refractivity contribution >= 4 is 17.3 Å².